The molecule has 1 saturated heterocycles. The Hall–Kier alpha value is -1.32. The fourth-order valence-corrected chi connectivity index (χ4v) is 1.90. The van der Waals surface area contributed by atoms with E-state index in [1.807, 2.05) is 4.90 Å². The maximum Gasteiger partial charge on any atom is 0.276 e. The van der Waals surface area contributed by atoms with Crippen LogP contribution in [0.4, 0.5) is 0 Å². The second-order valence-electron chi connectivity index (χ2n) is 4.03. The van der Waals surface area contributed by atoms with Crippen LogP contribution in [0.15, 0.2) is 10.6 Å². The Morgan fingerprint density at radius 3 is 2.53 bits per heavy atom. The van der Waals surface area contributed by atoms with Crippen molar-refractivity contribution >= 4 is 5.91 Å². The normalized spacial score (nSPS) is 17.5. The molecule has 0 aliphatic carbocycles. The van der Waals surface area contributed by atoms with Crippen LogP contribution in [0, 0.1) is 6.92 Å². The molecule has 4 heteroatoms. The van der Waals surface area contributed by atoms with Crippen LogP contribution in [0.25, 0.3) is 0 Å². The van der Waals surface area contributed by atoms with Gasteiger partial charge in [-0.1, -0.05) is 18.0 Å². The fourth-order valence-electron chi connectivity index (χ4n) is 1.90. The van der Waals surface area contributed by atoms with Gasteiger partial charge in [-0.05, 0) is 19.8 Å². The summed E-state index contributed by atoms with van der Waals surface area (Å²) in [6, 6.07) is 1.70. The van der Waals surface area contributed by atoms with E-state index in [1.54, 1.807) is 13.0 Å². The predicted octanol–water partition coefficient (Wildman–Crippen LogP) is 2.00. The van der Waals surface area contributed by atoms with Crippen molar-refractivity contribution < 1.29 is 9.32 Å². The minimum absolute atomic E-state index is 0.00810. The van der Waals surface area contributed by atoms with Crippen LogP contribution in [0.2, 0.25) is 0 Å². The summed E-state index contributed by atoms with van der Waals surface area (Å²) < 4.78 is 4.91. The zero-order chi connectivity index (χ0) is 10.7. The third-order valence-corrected chi connectivity index (χ3v) is 2.74. The number of aryl methyl sites for hydroxylation is 1. The third kappa shape index (κ3) is 2.37. The lowest BCUT2D eigenvalue weighted by molar-refractivity contribution is 0.0751. The number of rotatable bonds is 1. The number of amides is 1. The van der Waals surface area contributed by atoms with Crippen molar-refractivity contribution in [3.63, 3.8) is 0 Å². The van der Waals surface area contributed by atoms with Crippen molar-refractivity contribution in [1.29, 1.82) is 0 Å². The van der Waals surface area contributed by atoms with Crippen LogP contribution in [0.3, 0.4) is 0 Å². The minimum Gasteiger partial charge on any atom is -0.361 e. The molecule has 0 N–H and O–H groups in total. The molecule has 0 spiro atoms. The van der Waals surface area contributed by atoms with Crippen molar-refractivity contribution in [1.82, 2.24) is 10.1 Å². The average Bonchev–Trinajstić information content (AvgIpc) is 2.53. The van der Waals surface area contributed by atoms with Gasteiger partial charge >= 0.3 is 0 Å². The highest BCUT2D eigenvalue weighted by Crippen LogP contribution is 2.13. The van der Waals surface area contributed by atoms with E-state index < -0.39 is 0 Å². The van der Waals surface area contributed by atoms with Gasteiger partial charge < -0.3 is 9.42 Å². The number of aromatic nitrogens is 1. The molecule has 4 nitrogen and oxygen atoms in total. The molecule has 15 heavy (non-hydrogen) atoms. The lowest BCUT2D eigenvalue weighted by Gasteiger charge is -2.18. The zero-order valence-electron chi connectivity index (χ0n) is 9.03. The molecular weight excluding hydrogens is 192 g/mol. The van der Waals surface area contributed by atoms with Crippen LogP contribution in [0.5, 0.6) is 0 Å². The molecule has 0 unspecified atom stereocenters. The summed E-state index contributed by atoms with van der Waals surface area (Å²) >= 11 is 0. The van der Waals surface area contributed by atoms with Gasteiger partial charge in [-0.3, -0.25) is 4.79 Å². The molecule has 0 radical (unpaired) electrons. The summed E-state index contributed by atoms with van der Waals surface area (Å²) in [5.41, 5.74) is 0.439. The Bertz CT molecular complexity index is 338. The zero-order valence-corrected chi connectivity index (χ0v) is 9.03. The van der Waals surface area contributed by atoms with Crippen molar-refractivity contribution in [2.24, 2.45) is 0 Å². The maximum absolute atomic E-state index is 12.0. The van der Waals surface area contributed by atoms with Crippen LogP contribution >= 0.6 is 0 Å². The smallest absolute Gasteiger partial charge is 0.276 e. The van der Waals surface area contributed by atoms with E-state index in [2.05, 4.69) is 5.16 Å². The van der Waals surface area contributed by atoms with Gasteiger partial charge in [-0.15, -0.1) is 0 Å². The molecule has 1 aliphatic heterocycles. The van der Waals surface area contributed by atoms with E-state index in [4.69, 9.17) is 4.52 Å². The van der Waals surface area contributed by atoms with Crippen LogP contribution in [-0.2, 0) is 0 Å². The standard InChI is InChI=1S/C11H16N2O2/c1-9-8-10(12-15-9)11(14)13-6-4-2-3-5-7-13/h8H,2-7H2,1H3. The predicted molar refractivity (Wildman–Crippen MR) is 55.6 cm³/mol. The summed E-state index contributed by atoms with van der Waals surface area (Å²) in [5, 5.41) is 3.76. The van der Waals surface area contributed by atoms with Crippen LogP contribution in [-0.4, -0.2) is 29.1 Å². The summed E-state index contributed by atoms with van der Waals surface area (Å²) in [4.78, 5) is 13.8. The molecule has 1 amide bonds. The van der Waals surface area contributed by atoms with Crippen molar-refractivity contribution in [2.45, 2.75) is 32.6 Å². The Kier molecular flexibility index (Phi) is 3.04. The highest BCUT2D eigenvalue weighted by atomic mass is 16.5. The summed E-state index contributed by atoms with van der Waals surface area (Å²) in [7, 11) is 0. The fraction of sp³-hybridized carbons (Fsp3) is 0.636. The lowest BCUT2D eigenvalue weighted by atomic mass is 10.2. The van der Waals surface area contributed by atoms with Gasteiger partial charge in [0.05, 0.1) is 0 Å². The van der Waals surface area contributed by atoms with E-state index in [0.29, 0.717) is 11.5 Å². The molecule has 1 aliphatic rings. The van der Waals surface area contributed by atoms with Gasteiger partial charge in [-0.2, -0.15) is 0 Å². The molecule has 0 bridgehead atoms. The maximum atomic E-state index is 12.0. The summed E-state index contributed by atoms with van der Waals surface area (Å²) in [6.07, 6.45) is 4.65. The van der Waals surface area contributed by atoms with Gasteiger partial charge in [0, 0.05) is 19.2 Å². The molecule has 82 valence electrons. The molecular formula is C11H16N2O2. The largest absolute Gasteiger partial charge is 0.361 e. The van der Waals surface area contributed by atoms with E-state index in [-0.39, 0.29) is 5.91 Å². The molecule has 0 atom stereocenters. The van der Waals surface area contributed by atoms with Gasteiger partial charge in [0.1, 0.15) is 5.76 Å². The highest BCUT2D eigenvalue weighted by Gasteiger charge is 2.19. The molecule has 2 heterocycles. The van der Waals surface area contributed by atoms with Gasteiger partial charge in [-0.25, -0.2) is 0 Å². The van der Waals surface area contributed by atoms with Crippen molar-refractivity contribution in [3.05, 3.63) is 17.5 Å². The Morgan fingerprint density at radius 1 is 1.33 bits per heavy atom. The lowest BCUT2D eigenvalue weighted by Crippen LogP contribution is -2.31. The Morgan fingerprint density at radius 2 is 2.00 bits per heavy atom. The van der Waals surface area contributed by atoms with E-state index >= 15 is 0 Å². The van der Waals surface area contributed by atoms with Crippen LogP contribution in [0.1, 0.15) is 41.9 Å². The van der Waals surface area contributed by atoms with E-state index in [9.17, 15) is 4.79 Å². The van der Waals surface area contributed by atoms with Gasteiger partial charge in [0.15, 0.2) is 5.69 Å². The first kappa shape index (κ1) is 10.2. The number of hydrogen-bond acceptors (Lipinski definition) is 3. The first-order valence-corrected chi connectivity index (χ1v) is 5.50. The van der Waals surface area contributed by atoms with Crippen molar-refractivity contribution in [2.75, 3.05) is 13.1 Å². The van der Waals surface area contributed by atoms with Crippen molar-refractivity contribution in [3.8, 4) is 0 Å². The third-order valence-electron chi connectivity index (χ3n) is 2.74. The number of hydrogen-bond donors (Lipinski definition) is 0. The SMILES string of the molecule is Cc1cc(C(=O)N2CCCCCC2)no1. The average molecular weight is 208 g/mol. The van der Waals surface area contributed by atoms with Crippen LogP contribution < -0.4 is 0 Å². The monoisotopic (exact) mass is 208 g/mol. The summed E-state index contributed by atoms with van der Waals surface area (Å²) in [6.45, 7) is 3.50. The summed E-state index contributed by atoms with van der Waals surface area (Å²) in [5.74, 6) is 0.696. The molecule has 1 fully saturated rings. The first-order valence-electron chi connectivity index (χ1n) is 5.50. The van der Waals surface area contributed by atoms with E-state index in [1.165, 1.54) is 12.8 Å². The molecule has 2 rings (SSSR count). The molecule has 0 saturated carbocycles. The first-order chi connectivity index (χ1) is 7.27. The Labute approximate surface area is 89.2 Å². The quantitative estimate of drug-likeness (QED) is 0.709. The highest BCUT2D eigenvalue weighted by molar-refractivity contribution is 5.92. The number of carbonyl (C=O) groups excluding carboxylic acids is 1. The molecule has 0 aromatic carbocycles. The number of nitrogens with zero attached hydrogens (tertiary/aromatic N) is 2. The van der Waals surface area contributed by atoms with Gasteiger partial charge in [0.25, 0.3) is 5.91 Å². The topological polar surface area (TPSA) is 46.3 Å². The molecule has 1 aromatic heterocycles. The number of carbonyl (C=O) groups is 1. The minimum atomic E-state index is 0.00810. The Balaban J connectivity index is 2.06. The van der Waals surface area contributed by atoms with Gasteiger partial charge in [0.2, 0.25) is 0 Å². The van der Waals surface area contributed by atoms with E-state index in [0.717, 1.165) is 25.9 Å². The second kappa shape index (κ2) is 4.47. The second-order valence-corrected chi connectivity index (χ2v) is 4.03. The molecule has 1 aromatic rings. The number of likely N-dealkylation sites (tertiary alicyclic amines) is 1.